The SMILES string of the molecule is CCCOc1ccc(CO)c(OCCC(=O)NCC)c1. The minimum absolute atomic E-state index is 0.0450. The third kappa shape index (κ3) is 5.48. The van der Waals surface area contributed by atoms with E-state index in [2.05, 4.69) is 5.32 Å². The van der Waals surface area contributed by atoms with Gasteiger partial charge in [0.2, 0.25) is 5.91 Å². The van der Waals surface area contributed by atoms with Crippen LogP contribution in [-0.2, 0) is 11.4 Å². The fourth-order valence-electron chi connectivity index (χ4n) is 1.65. The number of aliphatic hydroxyl groups excluding tert-OH is 1. The van der Waals surface area contributed by atoms with Crippen LogP contribution in [0.5, 0.6) is 11.5 Å². The van der Waals surface area contributed by atoms with Gasteiger partial charge in [0.1, 0.15) is 11.5 Å². The van der Waals surface area contributed by atoms with Crippen molar-refractivity contribution >= 4 is 5.91 Å². The van der Waals surface area contributed by atoms with Gasteiger partial charge in [0.05, 0.1) is 26.2 Å². The summed E-state index contributed by atoms with van der Waals surface area (Å²) in [6.45, 7) is 5.32. The number of hydrogen-bond donors (Lipinski definition) is 2. The number of rotatable bonds is 9. The highest BCUT2D eigenvalue weighted by Gasteiger charge is 2.07. The molecule has 0 bridgehead atoms. The van der Waals surface area contributed by atoms with E-state index in [0.29, 0.717) is 36.6 Å². The minimum atomic E-state index is -0.107. The molecule has 0 saturated heterocycles. The Labute approximate surface area is 119 Å². The molecular formula is C15H23NO4. The molecule has 5 nitrogen and oxygen atoms in total. The van der Waals surface area contributed by atoms with Gasteiger partial charge in [0.15, 0.2) is 0 Å². The molecule has 5 heteroatoms. The molecule has 20 heavy (non-hydrogen) atoms. The first kappa shape index (κ1) is 16.3. The van der Waals surface area contributed by atoms with Crippen LogP contribution in [0.3, 0.4) is 0 Å². The largest absolute Gasteiger partial charge is 0.493 e. The molecule has 0 unspecified atom stereocenters. The number of benzene rings is 1. The van der Waals surface area contributed by atoms with E-state index in [9.17, 15) is 9.90 Å². The fourth-order valence-corrected chi connectivity index (χ4v) is 1.65. The third-order valence-electron chi connectivity index (χ3n) is 2.64. The summed E-state index contributed by atoms with van der Waals surface area (Å²) in [5.41, 5.74) is 0.685. The van der Waals surface area contributed by atoms with E-state index in [-0.39, 0.29) is 19.1 Å². The lowest BCUT2D eigenvalue weighted by atomic mass is 10.2. The van der Waals surface area contributed by atoms with Crippen LogP contribution in [0.2, 0.25) is 0 Å². The number of carbonyl (C=O) groups is 1. The monoisotopic (exact) mass is 281 g/mol. The van der Waals surface area contributed by atoms with E-state index in [0.717, 1.165) is 6.42 Å². The Balaban J connectivity index is 2.59. The van der Waals surface area contributed by atoms with Gasteiger partial charge < -0.3 is 19.9 Å². The van der Waals surface area contributed by atoms with Crippen LogP contribution in [-0.4, -0.2) is 30.8 Å². The summed E-state index contributed by atoms with van der Waals surface area (Å²) >= 11 is 0. The third-order valence-corrected chi connectivity index (χ3v) is 2.64. The summed E-state index contributed by atoms with van der Waals surface area (Å²) in [6, 6.07) is 5.32. The van der Waals surface area contributed by atoms with Crippen molar-refractivity contribution in [1.82, 2.24) is 5.32 Å². The maximum absolute atomic E-state index is 11.3. The molecule has 0 atom stereocenters. The van der Waals surface area contributed by atoms with Crippen molar-refractivity contribution in [3.63, 3.8) is 0 Å². The molecule has 112 valence electrons. The Morgan fingerprint density at radius 1 is 1.25 bits per heavy atom. The Bertz CT molecular complexity index is 420. The zero-order chi connectivity index (χ0) is 14.8. The van der Waals surface area contributed by atoms with Gasteiger partial charge in [-0.2, -0.15) is 0 Å². The molecule has 0 fully saturated rings. The molecule has 0 saturated carbocycles. The zero-order valence-corrected chi connectivity index (χ0v) is 12.1. The molecule has 0 aromatic heterocycles. The average Bonchev–Trinajstić information content (AvgIpc) is 2.45. The second-order valence-corrected chi connectivity index (χ2v) is 4.33. The predicted octanol–water partition coefficient (Wildman–Crippen LogP) is 1.87. The van der Waals surface area contributed by atoms with Crippen LogP contribution in [0.15, 0.2) is 18.2 Å². The van der Waals surface area contributed by atoms with Gasteiger partial charge in [-0.3, -0.25) is 4.79 Å². The molecule has 2 N–H and O–H groups in total. The van der Waals surface area contributed by atoms with Gasteiger partial charge in [-0.1, -0.05) is 6.92 Å². The number of aliphatic hydroxyl groups is 1. The highest BCUT2D eigenvalue weighted by atomic mass is 16.5. The maximum Gasteiger partial charge on any atom is 0.223 e. The van der Waals surface area contributed by atoms with Gasteiger partial charge in [0, 0.05) is 18.2 Å². The summed E-state index contributed by atoms with van der Waals surface area (Å²) in [5.74, 6) is 1.22. The van der Waals surface area contributed by atoms with Gasteiger partial charge in [-0.25, -0.2) is 0 Å². The van der Waals surface area contributed by atoms with Crippen molar-refractivity contribution in [2.45, 2.75) is 33.3 Å². The van der Waals surface area contributed by atoms with Crippen molar-refractivity contribution in [3.8, 4) is 11.5 Å². The van der Waals surface area contributed by atoms with Crippen LogP contribution < -0.4 is 14.8 Å². The summed E-state index contributed by atoms with van der Waals surface area (Å²) < 4.78 is 11.1. The second kappa shape index (κ2) is 9.20. The number of ether oxygens (including phenoxy) is 2. The Hall–Kier alpha value is -1.75. The van der Waals surface area contributed by atoms with Crippen molar-refractivity contribution in [2.75, 3.05) is 19.8 Å². The first-order valence-electron chi connectivity index (χ1n) is 6.97. The van der Waals surface area contributed by atoms with Crippen molar-refractivity contribution in [1.29, 1.82) is 0 Å². The minimum Gasteiger partial charge on any atom is -0.493 e. The van der Waals surface area contributed by atoms with Crippen LogP contribution in [0.25, 0.3) is 0 Å². The average molecular weight is 281 g/mol. The highest BCUT2D eigenvalue weighted by molar-refractivity contribution is 5.75. The molecule has 1 amide bonds. The summed E-state index contributed by atoms with van der Waals surface area (Å²) in [7, 11) is 0. The quantitative estimate of drug-likeness (QED) is 0.725. The van der Waals surface area contributed by atoms with E-state index in [4.69, 9.17) is 9.47 Å². The van der Waals surface area contributed by atoms with Crippen LogP contribution in [0.4, 0.5) is 0 Å². The molecule has 0 aliphatic carbocycles. The first-order chi connectivity index (χ1) is 9.71. The van der Waals surface area contributed by atoms with E-state index < -0.39 is 0 Å². The van der Waals surface area contributed by atoms with E-state index in [1.807, 2.05) is 13.8 Å². The zero-order valence-electron chi connectivity index (χ0n) is 12.1. The maximum atomic E-state index is 11.3. The summed E-state index contributed by atoms with van der Waals surface area (Å²) in [6.07, 6.45) is 1.22. The van der Waals surface area contributed by atoms with Gasteiger partial charge >= 0.3 is 0 Å². The molecule has 0 spiro atoms. The van der Waals surface area contributed by atoms with Crippen LogP contribution in [0, 0.1) is 0 Å². The molecule has 0 heterocycles. The Kier molecular flexibility index (Phi) is 7.50. The molecule has 1 aromatic rings. The van der Waals surface area contributed by atoms with Crippen molar-refractivity contribution in [2.24, 2.45) is 0 Å². The van der Waals surface area contributed by atoms with E-state index >= 15 is 0 Å². The molecule has 1 rings (SSSR count). The smallest absolute Gasteiger partial charge is 0.223 e. The molecule has 0 aliphatic rings. The van der Waals surface area contributed by atoms with Crippen LogP contribution >= 0.6 is 0 Å². The fraction of sp³-hybridized carbons (Fsp3) is 0.533. The van der Waals surface area contributed by atoms with E-state index in [1.165, 1.54) is 0 Å². The second-order valence-electron chi connectivity index (χ2n) is 4.33. The van der Waals surface area contributed by atoms with Gasteiger partial charge in [-0.15, -0.1) is 0 Å². The van der Waals surface area contributed by atoms with Crippen molar-refractivity contribution in [3.05, 3.63) is 23.8 Å². The van der Waals surface area contributed by atoms with Gasteiger partial charge in [0.25, 0.3) is 0 Å². The standard InChI is InChI=1S/C15H23NO4/c1-3-8-19-13-6-5-12(11-17)14(10-13)20-9-7-15(18)16-4-2/h5-6,10,17H,3-4,7-9,11H2,1-2H3,(H,16,18). The lowest BCUT2D eigenvalue weighted by molar-refractivity contribution is -0.121. The number of amides is 1. The predicted molar refractivity (Wildman–Crippen MR) is 76.9 cm³/mol. The first-order valence-corrected chi connectivity index (χ1v) is 6.97. The highest BCUT2D eigenvalue weighted by Crippen LogP contribution is 2.25. The van der Waals surface area contributed by atoms with E-state index in [1.54, 1.807) is 18.2 Å². The number of carbonyl (C=O) groups excluding carboxylic acids is 1. The number of hydrogen-bond acceptors (Lipinski definition) is 4. The summed E-state index contributed by atoms with van der Waals surface area (Å²) in [5, 5.41) is 12.0. The lowest BCUT2D eigenvalue weighted by Crippen LogP contribution is -2.24. The molecule has 0 aliphatic heterocycles. The molecular weight excluding hydrogens is 258 g/mol. The molecule has 1 aromatic carbocycles. The number of nitrogens with one attached hydrogen (secondary N) is 1. The molecule has 0 radical (unpaired) electrons. The van der Waals surface area contributed by atoms with Crippen LogP contribution in [0.1, 0.15) is 32.3 Å². The summed E-state index contributed by atoms with van der Waals surface area (Å²) in [4.78, 5) is 11.3. The Morgan fingerprint density at radius 2 is 2.05 bits per heavy atom. The Morgan fingerprint density at radius 3 is 2.70 bits per heavy atom. The van der Waals surface area contributed by atoms with Crippen molar-refractivity contribution < 1.29 is 19.4 Å². The van der Waals surface area contributed by atoms with Gasteiger partial charge in [-0.05, 0) is 25.5 Å². The lowest BCUT2D eigenvalue weighted by Gasteiger charge is -2.12. The topological polar surface area (TPSA) is 67.8 Å². The normalized spacial score (nSPS) is 10.2.